The third-order valence-electron chi connectivity index (χ3n) is 3.86. The molecule has 1 aromatic carbocycles. The second-order valence-electron chi connectivity index (χ2n) is 4.98. The molecule has 5 heteroatoms. The van der Waals surface area contributed by atoms with E-state index < -0.39 is 15.6 Å². The molecule has 0 saturated heterocycles. The monoisotopic (exact) mass is 308 g/mol. The topological polar surface area (TPSA) is 72.2 Å². The Morgan fingerprint density at radius 1 is 1.19 bits per heavy atom. The Labute approximate surface area is 128 Å². The predicted octanol–water partition coefficient (Wildman–Crippen LogP) is 2.24. The van der Waals surface area contributed by atoms with Crippen LogP contribution in [0.25, 0.3) is 0 Å². The number of rotatable bonds is 6. The van der Waals surface area contributed by atoms with E-state index in [1.54, 1.807) is 24.3 Å². The van der Waals surface area contributed by atoms with Crippen LogP contribution in [0.4, 0.5) is 0 Å². The van der Waals surface area contributed by atoms with Crippen molar-refractivity contribution < 1.29 is 8.42 Å². The van der Waals surface area contributed by atoms with Crippen LogP contribution in [0.5, 0.6) is 0 Å². The summed E-state index contributed by atoms with van der Waals surface area (Å²) in [4.78, 5) is 0.242. The summed E-state index contributed by atoms with van der Waals surface area (Å²) >= 11 is 0. The highest BCUT2D eigenvalue weighted by atomic mass is 32.2. The molecule has 1 aromatic rings. The second-order valence-corrected chi connectivity index (χ2v) is 6.66. The molecule has 0 aliphatic rings. The number of hydrogen-bond acceptors (Lipinski definition) is 3. The SMILES string of the molecule is CCC(CC)(CC)NS(=O)(=O)c1cccc(C#CCN)c1. The normalized spacial score (nSPS) is 11.8. The molecular weight excluding hydrogens is 284 g/mol. The summed E-state index contributed by atoms with van der Waals surface area (Å²) in [6.07, 6.45) is 2.27. The van der Waals surface area contributed by atoms with Crippen LogP contribution < -0.4 is 10.5 Å². The fraction of sp³-hybridized carbons (Fsp3) is 0.500. The summed E-state index contributed by atoms with van der Waals surface area (Å²) in [6, 6.07) is 6.63. The van der Waals surface area contributed by atoms with Crippen LogP contribution in [0.1, 0.15) is 45.6 Å². The number of benzene rings is 1. The van der Waals surface area contributed by atoms with Crippen LogP contribution in [0.2, 0.25) is 0 Å². The van der Waals surface area contributed by atoms with Crippen molar-refractivity contribution in [3.63, 3.8) is 0 Å². The predicted molar refractivity (Wildman–Crippen MR) is 86.3 cm³/mol. The Balaban J connectivity index is 3.13. The summed E-state index contributed by atoms with van der Waals surface area (Å²) in [5.74, 6) is 5.58. The average Bonchev–Trinajstić information content (AvgIpc) is 2.51. The Bertz CT molecular complexity index is 615. The number of hydrogen-bond donors (Lipinski definition) is 2. The van der Waals surface area contributed by atoms with Crippen LogP contribution in [-0.4, -0.2) is 20.5 Å². The maximum Gasteiger partial charge on any atom is 0.241 e. The van der Waals surface area contributed by atoms with E-state index in [2.05, 4.69) is 16.6 Å². The van der Waals surface area contributed by atoms with Gasteiger partial charge in [0, 0.05) is 11.1 Å². The Kier molecular flexibility index (Phi) is 6.41. The number of sulfonamides is 1. The zero-order chi connectivity index (χ0) is 15.9. The molecule has 1 rings (SSSR count). The van der Waals surface area contributed by atoms with Gasteiger partial charge in [-0.3, -0.25) is 0 Å². The fourth-order valence-corrected chi connectivity index (χ4v) is 3.87. The van der Waals surface area contributed by atoms with Gasteiger partial charge in [-0.1, -0.05) is 38.7 Å². The molecule has 0 amide bonds. The summed E-state index contributed by atoms with van der Waals surface area (Å²) in [7, 11) is -3.55. The molecule has 0 aliphatic carbocycles. The van der Waals surface area contributed by atoms with Crippen molar-refractivity contribution in [2.75, 3.05) is 6.54 Å². The maximum atomic E-state index is 12.6. The lowest BCUT2D eigenvalue weighted by Crippen LogP contribution is -2.46. The lowest BCUT2D eigenvalue weighted by atomic mass is 9.91. The van der Waals surface area contributed by atoms with E-state index in [1.807, 2.05) is 20.8 Å². The molecule has 0 unspecified atom stereocenters. The molecule has 0 bridgehead atoms. The van der Waals surface area contributed by atoms with Gasteiger partial charge in [0.05, 0.1) is 11.4 Å². The lowest BCUT2D eigenvalue weighted by Gasteiger charge is -2.31. The molecule has 4 nitrogen and oxygen atoms in total. The van der Waals surface area contributed by atoms with Crippen LogP contribution in [0, 0.1) is 11.8 Å². The van der Waals surface area contributed by atoms with Gasteiger partial charge in [-0.15, -0.1) is 0 Å². The van der Waals surface area contributed by atoms with Gasteiger partial charge in [-0.05, 0) is 37.5 Å². The van der Waals surface area contributed by atoms with Gasteiger partial charge in [0.25, 0.3) is 0 Å². The third-order valence-corrected chi connectivity index (χ3v) is 5.44. The molecule has 0 heterocycles. The van der Waals surface area contributed by atoms with Gasteiger partial charge < -0.3 is 5.73 Å². The number of nitrogens with one attached hydrogen (secondary N) is 1. The van der Waals surface area contributed by atoms with Crippen LogP contribution in [0.3, 0.4) is 0 Å². The first kappa shape index (κ1) is 17.7. The zero-order valence-corrected chi connectivity index (χ0v) is 13.8. The first-order valence-electron chi connectivity index (χ1n) is 7.26. The van der Waals surface area contributed by atoms with Crippen molar-refractivity contribution >= 4 is 10.0 Å². The Morgan fingerprint density at radius 3 is 2.33 bits per heavy atom. The molecule has 0 radical (unpaired) electrons. The molecular formula is C16H24N2O2S. The van der Waals surface area contributed by atoms with E-state index >= 15 is 0 Å². The largest absolute Gasteiger partial charge is 0.320 e. The molecule has 0 fully saturated rings. The highest BCUT2D eigenvalue weighted by Crippen LogP contribution is 2.23. The van der Waals surface area contributed by atoms with Crippen LogP contribution in [0.15, 0.2) is 29.2 Å². The molecule has 0 aliphatic heterocycles. The molecule has 0 saturated carbocycles. The van der Waals surface area contributed by atoms with Gasteiger partial charge in [-0.25, -0.2) is 13.1 Å². The zero-order valence-electron chi connectivity index (χ0n) is 12.9. The molecule has 0 atom stereocenters. The highest BCUT2D eigenvalue weighted by Gasteiger charge is 2.30. The van der Waals surface area contributed by atoms with E-state index in [0.717, 1.165) is 19.3 Å². The first-order chi connectivity index (χ1) is 9.93. The van der Waals surface area contributed by atoms with Crippen molar-refractivity contribution in [1.29, 1.82) is 0 Å². The number of nitrogens with two attached hydrogens (primary N) is 1. The van der Waals surface area contributed by atoms with E-state index in [-0.39, 0.29) is 11.4 Å². The van der Waals surface area contributed by atoms with Crippen molar-refractivity contribution in [3.05, 3.63) is 29.8 Å². The second kappa shape index (κ2) is 7.60. The van der Waals surface area contributed by atoms with Crippen molar-refractivity contribution in [2.45, 2.75) is 50.5 Å². The van der Waals surface area contributed by atoms with E-state index in [4.69, 9.17) is 5.73 Å². The van der Waals surface area contributed by atoms with Gasteiger partial charge >= 0.3 is 0 Å². The minimum Gasteiger partial charge on any atom is -0.320 e. The van der Waals surface area contributed by atoms with Gasteiger partial charge in [0.2, 0.25) is 10.0 Å². The molecule has 116 valence electrons. The Hall–Kier alpha value is -1.35. The van der Waals surface area contributed by atoms with Gasteiger partial charge in [-0.2, -0.15) is 0 Å². The maximum absolute atomic E-state index is 12.6. The van der Waals surface area contributed by atoms with E-state index in [1.165, 1.54) is 0 Å². The summed E-state index contributed by atoms with van der Waals surface area (Å²) in [5, 5.41) is 0. The van der Waals surface area contributed by atoms with Crippen LogP contribution >= 0.6 is 0 Å². The first-order valence-corrected chi connectivity index (χ1v) is 8.74. The van der Waals surface area contributed by atoms with E-state index in [9.17, 15) is 8.42 Å². The minimum atomic E-state index is -3.55. The lowest BCUT2D eigenvalue weighted by molar-refractivity contribution is 0.341. The minimum absolute atomic E-state index is 0.242. The standard InChI is InChI=1S/C16H24N2O2S/c1-4-16(5-2,6-3)18-21(19,20)15-11-7-9-14(13-15)10-8-12-17/h7,9,11,13,18H,4-6,12,17H2,1-3H3. The molecule has 0 aromatic heterocycles. The summed E-state index contributed by atoms with van der Waals surface area (Å²) < 4.78 is 28.0. The summed E-state index contributed by atoms with van der Waals surface area (Å²) in [5.41, 5.74) is 5.59. The van der Waals surface area contributed by atoms with Crippen LogP contribution in [-0.2, 0) is 10.0 Å². The third kappa shape index (κ3) is 4.57. The van der Waals surface area contributed by atoms with Crippen molar-refractivity contribution in [2.24, 2.45) is 5.73 Å². The molecule has 3 N–H and O–H groups in total. The van der Waals surface area contributed by atoms with Gasteiger partial charge in [0.1, 0.15) is 0 Å². The summed E-state index contributed by atoms with van der Waals surface area (Å²) in [6.45, 7) is 6.25. The quantitative estimate of drug-likeness (QED) is 0.792. The van der Waals surface area contributed by atoms with E-state index in [0.29, 0.717) is 5.56 Å². The van der Waals surface area contributed by atoms with Crippen molar-refractivity contribution in [3.8, 4) is 11.8 Å². The van der Waals surface area contributed by atoms with Crippen molar-refractivity contribution in [1.82, 2.24) is 4.72 Å². The average molecular weight is 308 g/mol. The van der Waals surface area contributed by atoms with Gasteiger partial charge in [0.15, 0.2) is 0 Å². The fourth-order valence-electron chi connectivity index (χ4n) is 2.20. The Morgan fingerprint density at radius 2 is 1.81 bits per heavy atom. The molecule has 0 spiro atoms. The smallest absolute Gasteiger partial charge is 0.241 e. The highest BCUT2D eigenvalue weighted by molar-refractivity contribution is 7.89. The molecule has 21 heavy (non-hydrogen) atoms.